The number of hydrogen-bond acceptors (Lipinski definition) is 1. The van der Waals surface area contributed by atoms with Gasteiger partial charge in [-0.3, -0.25) is 4.79 Å². The van der Waals surface area contributed by atoms with Crippen molar-refractivity contribution in [3.8, 4) is 0 Å². The zero-order valence-corrected chi connectivity index (χ0v) is 9.79. The highest BCUT2D eigenvalue weighted by molar-refractivity contribution is 6.01. The molecule has 0 aromatic heterocycles. The standard InChI is InChI=1S/C15H16O/c1-3-6-12-9-11(2)10-14-13(12)7-4-5-8-15(14)16/h3-4,6-7,9-10H,5,8H2,1-2H3/b6-3-. The molecule has 1 aliphatic rings. The van der Waals surface area contributed by atoms with E-state index < -0.39 is 0 Å². The molecule has 0 heterocycles. The average Bonchev–Trinajstić information content (AvgIpc) is 2.42. The summed E-state index contributed by atoms with van der Waals surface area (Å²) in [5.41, 5.74) is 4.24. The highest BCUT2D eigenvalue weighted by atomic mass is 16.1. The van der Waals surface area contributed by atoms with Gasteiger partial charge in [0.15, 0.2) is 5.78 Å². The zero-order valence-electron chi connectivity index (χ0n) is 9.79. The predicted octanol–water partition coefficient (Wildman–Crippen LogP) is 4.02. The number of carbonyl (C=O) groups excluding carboxylic acids is 1. The normalized spacial score (nSPS) is 15.2. The van der Waals surface area contributed by atoms with Crippen LogP contribution in [0.5, 0.6) is 0 Å². The van der Waals surface area contributed by atoms with Gasteiger partial charge in [-0.15, -0.1) is 0 Å². The minimum absolute atomic E-state index is 0.259. The quantitative estimate of drug-likeness (QED) is 0.687. The molecule has 1 heteroatoms. The van der Waals surface area contributed by atoms with Gasteiger partial charge in [-0.1, -0.05) is 30.4 Å². The molecule has 1 aromatic rings. The van der Waals surface area contributed by atoms with Crippen LogP contribution in [0.1, 0.15) is 46.8 Å². The van der Waals surface area contributed by atoms with Crippen LogP contribution in [0.2, 0.25) is 0 Å². The number of aryl methyl sites for hydroxylation is 1. The van der Waals surface area contributed by atoms with E-state index in [-0.39, 0.29) is 5.78 Å². The van der Waals surface area contributed by atoms with Gasteiger partial charge in [-0.05, 0) is 43.0 Å². The number of allylic oxidation sites excluding steroid dienone is 2. The summed E-state index contributed by atoms with van der Waals surface area (Å²) < 4.78 is 0. The fraction of sp³-hybridized carbons (Fsp3) is 0.267. The van der Waals surface area contributed by atoms with Crippen molar-refractivity contribution in [1.29, 1.82) is 0 Å². The number of rotatable bonds is 1. The first-order chi connectivity index (χ1) is 7.72. The lowest BCUT2D eigenvalue weighted by atomic mass is 9.95. The molecular weight excluding hydrogens is 196 g/mol. The van der Waals surface area contributed by atoms with E-state index in [0.29, 0.717) is 6.42 Å². The summed E-state index contributed by atoms with van der Waals surface area (Å²) >= 11 is 0. The van der Waals surface area contributed by atoms with Gasteiger partial charge < -0.3 is 0 Å². The van der Waals surface area contributed by atoms with E-state index in [1.54, 1.807) is 0 Å². The van der Waals surface area contributed by atoms with E-state index in [4.69, 9.17) is 0 Å². The second kappa shape index (κ2) is 4.48. The molecule has 16 heavy (non-hydrogen) atoms. The molecule has 0 unspecified atom stereocenters. The average molecular weight is 212 g/mol. The molecule has 0 spiro atoms. The van der Waals surface area contributed by atoms with Crippen LogP contribution in [-0.2, 0) is 0 Å². The van der Waals surface area contributed by atoms with Crippen molar-refractivity contribution < 1.29 is 4.79 Å². The van der Waals surface area contributed by atoms with Crippen LogP contribution in [0.25, 0.3) is 12.2 Å². The van der Waals surface area contributed by atoms with Crippen LogP contribution in [-0.4, -0.2) is 5.78 Å². The first kappa shape index (κ1) is 10.9. The van der Waals surface area contributed by atoms with Crippen LogP contribution < -0.4 is 0 Å². The Bertz CT molecular complexity index is 478. The van der Waals surface area contributed by atoms with Crippen LogP contribution in [0, 0.1) is 6.92 Å². The molecular formula is C15H16O. The Balaban J connectivity index is 2.67. The number of hydrogen-bond donors (Lipinski definition) is 0. The zero-order chi connectivity index (χ0) is 11.5. The maximum absolute atomic E-state index is 12.0. The lowest BCUT2D eigenvalue weighted by Gasteiger charge is -2.08. The molecule has 1 nitrogen and oxygen atoms in total. The van der Waals surface area contributed by atoms with Crippen molar-refractivity contribution in [3.63, 3.8) is 0 Å². The van der Waals surface area contributed by atoms with E-state index in [9.17, 15) is 4.79 Å². The van der Waals surface area contributed by atoms with E-state index >= 15 is 0 Å². The monoisotopic (exact) mass is 212 g/mol. The maximum atomic E-state index is 12.0. The van der Waals surface area contributed by atoms with Crippen molar-refractivity contribution in [3.05, 3.63) is 46.5 Å². The van der Waals surface area contributed by atoms with E-state index in [1.807, 2.05) is 26.0 Å². The highest BCUT2D eigenvalue weighted by Crippen LogP contribution is 2.25. The molecule has 0 bridgehead atoms. The van der Waals surface area contributed by atoms with Crippen molar-refractivity contribution in [2.45, 2.75) is 26.7 Å². The Kier molecular flexibility index (Phi) is 3.04. The van der Waals surface area contributed by atoms with Crippen LogP contribution >= 0.6 is 0 Å². The van der Waals surface area contributed by atoms with E-state index in [0.717, 1.165) is 28.7 Å². The number of carbonyl (C=O) groups is 1. The number of fused-ring (bicyclic) bond motifs is 1. The summed E-state index contributed by atoms with van der Waals surface area (Å²) in [7, 11) is 0. The molecule has 0 amide bonds. The molecule has 82 valence electrons. The van der Waals surface area contributed by atoms with E-state index in [1.165, 1.54) is 0 Å². The highest BCUT2D eigenvalue weighted by Gasteiger charge is 2.14. The Hall–Kier alpha value is -1.63. The van der Waals surface area contributed by atoms with Crippen LogP contribution in [0.15, 0.2) is 24.3 Å². The third-order valence-electron chi connectivity index (χ3n) is 2.83. The molecule has 0 saturated carbocycles. The fourth-order valence-corrected chi connectivity index (χ4v) is 2.11. The lowest BCUT2D eigenvalue weighted by molar-refractivity contribution is 0.0984. The van der Waals surface area contributed by atoms with Crippen LogP contribution in [0.4, 0.5) is 0 Å². The summed E-state index contributed by atoms with van der Waals surface area (Å²) in [5, 5.41) is 0. The second-order valence-corrected chi connectivity index (χ2v) is 4.18. The molecule has 2 rings (SSSR count). The van der Waals surface area contributed by atoms with Crippen LogP contribution in [0.3, 0.4) is 0 Å². The van der Waals surface area contributed by atoms with Gasteiger partial charge in [-0.2, -0.15) is 0 Å². The van der Waals surface area contributed by atoms with Crippen molar-refractivity contribution in [2.75, 3.05) is 0 Å². The van der Waals surface area contributed by atoms with Gasteiger partial charge in [0, 0.05) is 12.0 Å². The Morgan fingerprint density at radius 1 is 1.31 bits per heavy atom. The largest absolute Gasteiger partial charge is 0.294 e. The Labute approximate surface area is 96.5 Å². The molecule has 0 radical (unpaired) electrons. The third-order valence-corrected chi connectivity index (χ3v) is 2.83. The smallest absolute Gasteiger partial charge is 0.163 e. The molecule has 1 aromatic carbocycles. The number of benzene rings is 1. The van der Waals surface area contributed by atoms with Crippen molar-refractivity contribution >= 4 is 17.9 Å². The van der Waals surface area contributed by atoms with Crippen molar-refractivity contribution in [1.82, 2.24) is 0 Å². The molecule has 0 fully saturated rings. The summed E-state index contributed by atoms with van der Waals surface area (Å²) in [6.07, 6.45) is 9.72. The van der Waals surface area contributed by atoms with Gasteiger partial charge in [0.1, 0.15) is 0 Å². The number of Topliss-reactive ketones (excluding diaryl/α,β-unsaturated/α-hetero) is 1. The summed E-state index contributed by atoms with van der Waals surface area (Å²) in [6.45, 7) is 4.03. The molecule has 0 N–H and O–H groups in total. The van der Waals surface area contributed by atoms with Gasteiger partial charge in [-0.25, -0.2) is 0 Å². The lowest BCUT2D eigenvalue weighted by Crippen LogP contribution is -2.01. The fourth-order valence-electron chi connectivity index (χ4n) is 2.11. The summed E-state index contributed by atoms with van der Waals surface area (Å²) in [6, 6.07) is 4.13. The minimum atomic E-state index is 0.259. The van der Waals surface area contributed by atoms with Gasteiger partial charge in [0.05, 0.1) is 0 Å². The molecule has 0 saturated heterocycles. The van der Waals surface area contributed by atoms with Gasteiger partial charge in [0.25, 0.3) is 0 Å². The third kappa shape index (κ3) is 1.99. The predicted molar refractivity (Wildman–Crippen MR) is 68.5 cm³/mol. The molecule has 0 aliphatic heterocycles. The first-order valence-electron chi connectivity index (χ1n) is 5.69. The van der Waals surface area contributed by atoms with Gasteiger partial charge >= 0.3 is 0 Å². The number of ketones is 1. The van der Waals surface area contributed by atoms with E-state index in [2.05, 4.69) is 24.3 Å². The Morgan fingerprint density at radius 3 is 2.88 bits per heavy atom. The van der Waals surface area contributed by atoms with Gasteiger partial charge in [0.2, 0.25) is 0 Å². The summed E-state index contributed by atoms with van der Waals surface area (Å²) in [4.78, 5) is 12.0. The first-order valence-corrected chi connectivity index (χ1v) is 5.69. The summed E-state index contributed by atoms with van der Waals surface area (Å²) in [5.74, 6) is 0.259. The molecule has 1 aliphatic carbocycles. The second-order valence-electron chi connectivity index (χ2n) is 4.18. The SMILES string of the molecule is C/C=C\c1cc(C)cc2c1C=CCCC2=O. The van der Waals surface area contributed by atoms with Crippen molar-refractivity contribution in [2.24, 2.45) is 0 Å². The maximum Gasteiger partial charge on any atom is 0.163 e. The minimum Gasteiger partial charge on any atom is -0.294 e. The topological polar surface area (TPSA) is 17.1 Å². The Morgan fingerprint density at radius 2 is 2.12 bits per heavy atom. The molecule has 0 atom stereocenters.